The van der Waals surface area contributed by atoms with Crippen LogP contribution in [0.5, 0.6) is 0 Å². The number of carbonyl (C=O) groups is 1. The second-order valence-electron chi connectivity index (χ2n) is 7.18. The molecule has 9 nitrogen and oxygen atoms in total. The standard InChI is InChI=1S/C21H25N5O4/c1-24(2)20-8-7-19(26(28)29)13-18(20)14-22-23-21(27)17-5-3-16(4-6-17)15-25-9-11-30-12-10-25/h3-8,13-14H,9-12,15H2,1-2H3,(H,23,27)/b22-14-. The minimum Gasteiger partial charge on any atom is -0.379 e. The van der Waals surface area contributed by atoms with Crippen molar-refractivity contribution in [3.8, 4) is 0 Å². The number of rotatable bonds is 7. The number of hydrazone groups is 1. The Kier molecular flexibility index (Phi) is 7.10. The highest BCUT2D eigenvalue weighted by atomic mass is 16.6. The molecule has 1 N–H and O–H groups in total. The minimum atomic E-state index is -0.464. The van der Waals surface area contributed by atoms with E-state index in [1.807, 2.05) is 31.1 Å². The first kappa shape index (κ1) is 21.4. The van der Waals surface area contributed by atoms with Crippen LogP contribution in [0.2, 0.25) is 0 Å². The van der Waals surface area contributed by atoms with Gasteiger partial charge in [0, 0.05) is 62.7 Å². The number of hydrogen-bond acceptors (Lipinski definition) is 7. The van der Waals surface area contributed by atoms with Gasteiger partial charge in [0.1, 0.15) is 0 Å². The molecule has 1 aliphatic heterocycles. The third-order valence-corrected chi connectivity index (χ3v) is 4.80. The summed E-state index contributed by atoms with van der Waals surface area (Å²) in [5, 5.41) is 15.0. The maximum atomic E-state index is 12.4. The van der Waals surface area contributed by atoms with Crippen LogP contribution < -0.4 is 10.3 Å². The van der Waals surface area contributed by atoms with Crippen LogP contribution in [0.4, 0.5) is 11.4 Å². The van der Waals surface area contributed by atoms with Gasteiger partial charge in [-0.05, 0) is 23.8 Å². The van der Waals surface area contributed by atoms with Crippen LogP contribution >= 0.6 is 0 Å². The molecule has 158 valence electrons. The van der Waals surface area contributed by atoms with Crippen LogP contribution in [-0.4, -0.2) is 62.3 Å². The molecule has 1 amide bonds. The van der Waals surface area contributed by atoms with Gasteiger partial charge in [-0.15, -0.1) is 0 Å². The predicted octanol–water partition coefficient (Wildman–Crippen LogP) is 2.26. The number of ether oxygens (including phenoxy) is 1. The van der Waals surface area contributed by atoms with Gasteiger partial charge in [-0.25, -0.2) is 5.43 Å². The van der Waals surface area contributed by atoms with Crippen molar-refractivity contribution in [1.29, 1.82) is 0 Å². The summed E-state index contributed by atoms with van der Waals surface area (Å²) in [5.74, 6) is -0.346. The number of hydrogen-bond donors (Lipinski definition) is 1. The van der Waals surface area contributed by atoms with E-state index in [9.17, 15) is 14.9 Å². The van der Waals surface area contributed by atoms with Gasteiger partial charge >= 0.3 is 0 Å². The van der Waals surface area contributed by atoms with Gasteiger partial charge < -0.3 is 9.64 Å². The molecular weight excluding hydrogens is 386 g/mol. The summed E-state index contributed by atoms with van der Waals surface area (Å²) < 4.78 is 5.35. The molecule has 0 saturated carbocycles. The number of carbonyl (C=O) groups excluding carboxylic acids is 1. The molecule has 0 unspecified atom stereocenters. The minimum absolute atomic E-state index is 0.0377. The van der Waals surface area contributed by atoms with Gasteiger partial charge in [-0.1, -0.05) is 12.1 Å². The first-order valence-electron chi connectivity index (χ1n) is 9.62. The lowest BCUT2D eigenvalue weighted by molar-refractivity contribution is -0.384. The number of amides is 1. The number of nitrogens with zero attached hydrogens (tertiary/aromatic N) is 4. The number of non-ortho nitro benzene ring substituents is 1. The third kappa shape index (κ3) is 5.62. The molecule has 30 heavy (non-hydrogen) atoms. The van der Waals surface area contributed by atoms with E-state index in [1.165, 1.54) is 18.3 Å². The number of benzene rings is 2. The van der Waals surface area contributed by atoms with E-state index in [0.717, 1.165) is 44.1 Å². The molecule has 2 aromatic carbocycles. The van der Waals surface area contributed by atoms with Crippen LogP contribution in [0.25, 0.3) is 0 Å². The van der Waals surface area contributed by atoms with Crippen LogP contribution in [-0.2, 0) is 11.3 Å². The third-order valence-electron chi connectivity index (χ3n) is 4.80. The van der Waals surface area contributed by atoms with E-state index < -0.39 is 4.92 Å². The first-order chi connectivity index (χ1) is 14.4. The summed E-state index contributed by atoms with van der Waals surface area (Å²) >= 11 is 0. The second kappa shape index (κ2) is 9.95. The highest BCUT2D eigenvalue weighted by Crippen LogP contribution is 2.22. The number of nitro groups is 1. The van der Waals surface area contributed by atoms with Gasteiger partial charge in [-0.3, -0.25) is 19.8 Å². The Morgan fingerprint density at radius 3 is 2.57 bits per heavy atom. The fraction of sp³-hybridized carbons (Fsp3) is 0.333. The Bertz CT molecular complexity index is 921. The van der Waals surface area contributed by atoms with Crippen molar-refractivity contribution in [3.05, 3.63) is 69.3 Å². The lowest BCUT2D eigenvalue weighted by Gasteiger charge is -2.26. The normalized spacial score (nSPS) is 14.6. The highest BCUT2D eigenvalue weighted by molar-refractivity contribution is 5.95. The quantitative estimate of drug-likeness (QED) is 0.426. The van der Waals surface area contributed by atoms with Crippen molar-refractivity contribution in [1.82, 2.24) is 10.3 Å². The Morgan fingerprint density at radius 1 is 1.23 bits per heavy atom. The zero-order chi connectivity index (χ0) is 21.5. The molecule has 0 aliphatic carbocycles. The largest absolute Gasteiger partial charge is 0.379 e. The Balaban J connectivity index is 1.63. The van der Waals surface area contributed by atoms with Gasteiger partial charge in [0.05, 0.1) is 24.4 Å². The predicted molar refractivity (Wildman–Crippen MR) is 115 cm³/mol. The van der Waals surface area contributed by atoms with E-state index >= 15 is 0 Å². The molecule has 9 heteroatoms. The van der Waals surface area contributed by atoms with Crippen LogP contribution in [0.1, 0.15) is 21.5 Å². The first-order valence-corrected chi connectivity index (χ1v) is 9.62. The summed E-state index contributed by atoms with van der Waals surface area (Å²) in [5.41, 5.74) is 5.35. The van der Waals surface area contributed by atoms with Crippen LogP contribution in [0.15, 0.2) is 47.6 Å². The molecule has 0 bridgehead atoms. The van der Waals surface area contributed by atoms with Crippen molar-refractivity contribution < 1.29 is 14.5 Å². The maximum absolute atomic E-state index is 12.4. The number of nitro benzene ring substituents is 1. The molecule has 1 heterocycles. The van der Waals surface area contributed by atoms with Crippen molar-refractivity contribution in [2.45, 2.75) is 6.54 Å². The number of anilines is 1. The van der Waals surface area contributed by atoms with Crippen LogP contribution in [0.3, 0.4) is 0 Å². The smallest absolute Gasteiger partial charge is 0.271 e. The van der Waals surface area contributed by atoms with Gasteiger partial charge in [-0.2, -0.15) is 5.10 Å². The van der Waals surface area contributed by atoms with Crippen molar-refractivity contribution in [2.75, 3.05) is 45.3 Å². The Morgan fingerprint density at radius 2 is 1.93 bits per heavy atom. The lowest BCUT2D eigenvalue weighted by Crippen LogP contribution is -2.35. The zero-order valence-electron chi connectivity index (χ0n) is 17.1. The van der Waals surface area contributed by atoms with Crippen LogP contribution in [0, 0.1) is 10.1 Å². The van der Waals surface area contributed by atoms with Gasteiger partial charge in [0.2, 0.25) is 0 Å². The monoisotopic (exact) mass is 411 g/mol. The second-order valence-corrected chi connectivity index (χ2v) is 7.18. The topological polar surface area (TPSA) is 100 Å². The molecule has 1 fully saturated rings. The van der Waals surface area contributed by atoms with Crippen molar-refractivity contribution in [2.24, 2.45) is 5.10 Å². The SMILES string of the molecule is CN(C)c1ccc([N+](=O)[O-])cc1/C=N\NC(=O)c1ccc(CN2CCOCC2)cc1. The fourth-order valence-electron chi connectivity index (χ4n) is 3.17. The fourth-order valence-corrected chi connectivity index (χ4v) is 3.17. The van der Waals surface area contributed by atoms with E-state index in [4.69, 9.17) is 4.74 Å². The summed E-state index contributed by atoms with van der Waals surface area (Å²) in [6.07, 6.45) is 1.41. The summed E-state index contributed by atoms with van der Waals surface area (Å²) in [6, 6.07) is 11.9. The van der Waals surface area contributed by atoms with E-state index in [-0.39, 0.29) is 11.6 Å². The highest BCUT2D eigenvalue weighted by Gasteiger charge is 2.12. The lowest BCUT2D eigenvalue weighted by atomic mass is 10.1. The molecular formula is C21H25N5O4. The van der Waals surface area contributed by atoms with Gasteiger partial charge in [0.15, 0.2) is 0 Å². The molecule has 3 rings (SSSR count). The number of morpholine rings is 1. The summed E-state index contributed by atoms with van der Waals surface area (Å²) in [7, 11) is 3.66. The maximum Gasteiger partial charge on any atom is 0.271 e. The molecule has 0 radical (unpaired) electrons. The average molecular weight is 411 g/mol. The van der Waals surface area contributed by atoms with Crippen molar-refractivity contribution >= 4 is 23.5 Å². The molecule has 0 spiro atoms. The zero-order valence-corrected chi connectivity index (χ0v) is 17.1. The van der Waals surface area contributed by atoms with E-state index in [1.54, 1.807) is 18.2 Å². The summed E-state index contributed by atoms with van der Waals surface area (Å²) in [4.78, 5) is 27.0. The Labute approximate surface area is 175 Å². The van der Waals surface area contributed by atoms with Gasteiger partial charge in [0.25, 0.3) is 11.6 Å². The molecule has 1 aliphatic rings. The molecule has 0 aromatic heterocycles. The molecule has 0 atom stereocenters. The van der Waals surface area contributed by atoms with E-state index in [2.05, 4.69) is 15.4 Å². The Hall–Kier alpha value is -3.30. The van der Waals surface area contributed by atoms with Crippen molar-refractivity contribution in [3.63, 3.8) is 0 Å². The van der Waals surface area contributed by atoms with E-state index in [0.29, 0.717) is 11.1 Å². The average Bonchev–Trinajstić information content (AvgIpc) is 2.74. The number of nitrogens with one attached hydrogen (secondary N) is 1. The molecule has 2 aromatic rings. The summed E-state index contributed by atoms with van der Waals surface area (Å²) in [6.45, 7) is 4.13. The molecule has 1 saturated heterocycles.